The molecule has 0 aromatic carbocycles. The molecule has 5 heteroatoms. The normalized spacial score (nSPS) is 29.9. The van der Waals surface area contributed by atoms with Crippen molar-refractivity contribution in [3.63, 3.8) is 0 Å². The van der Waals surface area contributed by atoms with Crippen molar-refractivity contribution in [1.82, 2.24) is 15.5 Å². The van der Waals surface area contributed by atoms with Gasteiger partial charge in [-0.3, -0.25) is 4.79 Å². The van der Waals surface area contributed by atoms with Gasteiger partial charge in [0.05, 0.1) is 12.6 Å². The minimum absolute atomic E-state index is 0.0572. The van der Waals surface area contributed by atoms with Gasteiger partial charge in [-0.25, -0.2) is 0 Å². The van der Waals surface area contributed by atoms with Gasteiger partial charge in [-0.2, -0.15) is 0 Å². The number of rotatable bonds is 3. The lowest BCUT2D eigenvalue weighted by molar-refractivity contribution is -0.133. The van der Waals surface area contributed by atoms with Gasteiger partial charge in [0.2, 0.25) is 5.91 Å². The number of nitrogens with one attached hydrogen (secondary N) is 2. The monoisotopic (exact) mass is 241 g/mol. The second-order valence-electron chi connectivity index (χ2n) is 5.01. The zero-order chi connectivity index (χ0) is 12.1. The van der Waals surface area contributed by atoms with Crippen molar-refractivity contribution in [2.24, 2.45) is 5.92 Å². The Kier molecular flexibility index (Phi) is 4.76. The maximum absolute atomic E-state index is 12.2. The molecule has 2 fully saturated rings. The Morgan fingerprint density at radius 1 is 1.47 bits per heavy atom. The van der Waals surface area contributed by atoms with Crippen LogP contribution in [-0.4, -0.2) is 63.3 Å². The molecule has 17 heavy (non-hydrogen) atoms. The van der Waals surface area contributed by atoms with Crippen molar-refractivity contribution in [3.8, 4) is 0 Å². The van der Waals surface area contributed by atoms with E-state index in [0.29, 0.717) is 5.92 Å². The Bertz CT molecular complexity index is 248. The maximum atomic E-state index is 12.2. The molecule has 2 N–H and O–H groups in total. The Morgan fingerprint density at radius 2 is 2.35 bits per heavy atom. The lowest BCUT2D eigenvalue weighted by Gasteiger charge is -2.31. The van der Waals surface area contributed by atoms with E-state index in [1.807, 2.05) is 11.9 Å². The van der Waals surface area contributed by atoms with E-state index in [9.17, 15) is 4.79 Å². The fourth-order valence-electron chi connectivity index (χ4n) is 2.52. The molecule has 2 saturated heterocycles. The summed E-state index contributed by atoms with van der Waals surface area (Å²) in [7, 11) is 1.90. The molecule has 0 aromatic rings. The summed E-state index contributed by atoms with van der Waals surface area (Å²) in [6.45, 7) is 5.05. The van der Waals surface area contributed by atoms with Crippen LogP contribution < -0.4 is 10.6 Å². The third-order valence-electron chi connectivity index (χ3n) is 3.50. The second-order valence-corrected chi connectivity index (χ2v) is 5.01. The van der Waals surface area contributed by atoms with Gasteiger partial charge in [0.1, 0.15) is 0 Å². The summed E-state index contributed by atoms with van der Waals surface area (Å²) < 4.78 is 5.44. The molecule has 0 bridgehead atoms. The number of carbonyl (C=O) groups is 1. The first-order valence-electron chi connectivity index (χ1n) is 6.54. The van der Waals surface area contributed by atoms with Gasteiger partial charge in [-0.15, -0.1) is 0 Å². The molecule has 2 aliphatic heterocycles. The first-order chi connectivity index (χ1) is 8.27. The summed E-state index contributed by atoms with van der Waals surface area (Å²) in [4.78, 5) is 14.0. The summed E-state index contributed by atoms with van der Waals surface area (Å²) in [5.41, 5.74) is 0. The van der Waals surface area contributed by atoms with Crippen molar-refractivity contribution < 1.29 is 9.53 Å². The van der Waals surface area contributed by atoms with Crippen LogP contribution in [0.3, 0.4) is 0 Å². The molecule has 5 nitrogen and oxygen atoms in total. The van der Waals surface area contributed by atoms with Crippen LogP contribution in [0.5, 0.6) is 0 Å². The molecule has 0 spiro atoms. The highest BCUT2D eigenvalue weighted by molar-refractivity contribution is 5.82. The molecule has 0 aromatic heterocycles. The number of likely N-dealkylation sites (N-methyl/N-ethyl adjacent to an activating group) is 1. The van der Waals surface area contributed by atoms with Crippen molar-refractivity contribution in [2.45, 2.75) is 18.9 Å². The number of ether oxygens (including phenoxy) is 1. The first-order valence-corrected chi connectivity index (χ1v) is 6.54. The van der Waals surface area contributed by atoms with Crippen LogP contribution in [0.25, 0.3) is 0 Å². The highest BCUT2D eigenvalue weighted by Crippen LogP contribution is 2.14. The summed E-state index contributed by atoms with van der Waals surface area (Å²) in [5, 5.41) is 6.49. The lowest BCUT2D eigenvalue weighted by atomic mass is 10.0. The Hall–Kier alpha value is -0.650. The third kappa shape index (κ3) is 3.66. The van der Waals surface area contributed by atoms with Crippen LogP contribution in [0, 0.1) is 5.92 Å². The zero-order valence-corrected chi connectivity index (χ0v) is 10.6. The van der Waals surface area contributed by atoms with Gasteiger partial charge in [0.15, 0.2) is 0 Å². The number of hydrogen-bond donors (Lipinski definition) is 2. The third-order valence-corrected chi connectivity index (χ3v) is 3.50. The molecule has 1 amide bonds. The van der Waals surface area contributed by atoms with Crippen LogP contribution in [0.4, 0.5) is 0 Å². The average molecular weight is 241 g/mol. The molecule has 2 atom stereocenters. The molecule has 2 heterocycles. The van der Waals surface area contributed by atoms with Crippen LogP contribution in [0.1, 0.15) is 12.8 Å². The van der Waals surface area contributed by atoms with Crippen LogP contribution in [0.2, 0.25) is 0 Å². The van der Waals surface area contributed by atoms with E-state index in [1.54, 1.807) is 0 Å². The van der Waals surface area contributed by atoms with Gasteiger partial charge in [0, 0.05) is 39.8 Å². The maximum Gasteiger partial charge on any atom is 0.240 e. The van der Waals surface area contributed by atoms with Crippen LogP contribution >= 0.6 is 0 Å². The van der Waals surface area contributed by atoms with E-state index < -0.39 is 0 Å². The summed E-state index contributed by atoms with van der Waals surface area (Å²) in [6.07, 6.45) is 2.30. The lowest BCUT2D eigenvalue weighted by Crippen LogP contribution is -2.56. The van der Waals surface area contributed by atoms with E-state index in [0.717, 1.165) is 45.8 Å². The van der Waals surface area contributed by atoms with Gasteiger partial charge in [-0.1, -0.05) is 0 Å². The van der Waals surface area contributed by atoms with Crippen molar-refractivity contribution >= 4 is 5.91 Å². The fourth-order valence-corrected chi connectivity index (χ4v) is 2.52. The van der Waals surface area contributed by atoms with Gasteiger partial charge >= 0.3 is 0 Å². The summed E-state index contributed by atoms with van der Waals surface area (Å²) in [6, 6.07) is -0.0572. The number of hydrogen-bond acceptors (Lipinski definition) is 4. The topological polar surface area (TPSA) is 53.6 Å². The second kappa shape index (κ2) is 6.33. The van der Waals surface area contributed by atoms with Gasteiger partial charge in [-0.05, 0) is 18.8 Å². The van der Waals surface area contributed by atoms with E-state index in [1.165, 1.54) is 6.42 Å². The quantitative estimate of drug-likeness (QED) is 0.695. The zero-order valence-electron chi connectivity index (χ0n) is 10.6. The molecule has 2 aliphatic rings. The predicted molar refractivity (Wildman–Crippen MR) is 65.8 cm³/mol. The Labute approximate surface area is 103 Å². The first kappa shape index (κ1) is 12.8. The standard InChI is InChI=1S/C12H23N3O2/c1-15(8-10-3-2-6-17-9-10)12(16)11-7-13-4-5-14-11/h10-11,13-14H,2-9H2,1H3. The smallest absolute Gasteiger partial charge is 0.240 e. The molecule has 2 rings (SSSR count). The predicted octanol–water partition coefficient (Wildman–Crippen LogP) is -0.567. The highest BCUT2D eigenvalue weighted by atomic mass is 16.5. The highest BCUT2D eigenvalue weighted by Gasteiger charge is 2.25. The van der Waals surface area contributed by atoms with Crippen molar-refractivity contribution in [3.05, 3.63) is 0 Å². The molecular weight excluding hydrogens is 218 g/mol. The van der Waals surface area contributed by atoms with E-state index in [2.05, 4.69) is 10.6 Å². The minimum atomic E-state index is -0.0572. The number of piperazine rings is 1. The molecule has 0 saturated carbocycles. The number of nitrogens with zero attached hydrogens (tertiary/aromatic N) is 1. The minimum Gasteiger partial charge on any atom is -0.381 e. The fraction of sp³-hybridized carbons (Fsp3) is 0.917. The van der Waals surface area contributed by atoms with E-state index >= 15 is 0 Å². The van der Waals surface area contributed by atoms with Crippen LogP contribution in [0.15, 0.2) is 0 Å². The van der Waals surface area contributed by atoms with E-state index in [-0.39, 0.29) is 11.9 Å². The molecule has 2 unspecified atom stereocenters. The number of carbonyl (C=O) groups excluding carboxylic acids is 1. The average Bonchev–Trinajstić information content (AvgIpc) is 2.40. The molecule has 98 valence electrons. The number of amides is 1. The van der Waals surface area contributed by atoms with Crippen molar-refractivity contribution in [1.29, 1.82) is 0 Å². The van der Waals surface area contributed by atoms with E-state index in [4.69, 9.17) is 4.74 Å². The Morgan fingerprint density at radius 3 is 3.00 bits per heavy atom. The van der Waals surface area contributed by atoms with Gasteiger partial charge in [0.25, 0.3) is 0 Å². The summed E-state index contributed by atoms with van der Waals surface area (Å²) in [5.74, 6) is 0.706. The molecule has 0 aliphatic carbocycles. The Balaban J connectivity index is 1.77. The summed E-state index contributed by atoms with van der Waals surface area (Å²) >= 11 is 0. The largest absolute Gasteiger partial charge is 0.381 e. The van der Waals surface area contributed by atoms with Crippen LogP contribution in [-0.2, 0) is 9.53 Å². The van der Waals surface area contributed by atoms with Crippen molar-refractivity contribution in [2.75, 3.05) is 46.4 Å². The molecule has 0 radical (unpaired) electrons. The van der Waals surface area contributed by atoms with Gasteiger partial charge < -0.3 is 20.3 Å². The molecular formula is C12H23N3O2. The SMILES string of the molecule is CN(CC1CCCOC1)C(=O)C1CNCCN1.